The highest BCUT2D eigenvalue weighted by Crippen LogP contribution is 2.45. The number of nitrogens with zero attached hydrogens (tertiary/aromatic N) is 7. The van der Waals surface area contributed by atoms with Gasteiger partial charge < -0.3 is 9.64 Å². The van der Waals surface area contributed by atoms with Crippen LogP contribution in [0.25, 0.3) is 22.4 Å². The van der Waals surface area contributed by atoms with Crippen LogP contribution in [0.3, 0.4) is 0 Å². The normalized spacial score (nSPS) is 22.5. The van der Waals surface area contributed by atoms with E-state index in [2.05, 4.69) is 15.1 Å². The highest BCUT2D eigenvalue weighted by Gasteiger charge is 2.41. The lowest BCUT2D eigenvalue weighted by atomic mass is 10.0. The Balaban J connectivity index is 1.33. The molecule has 0 N–H and O–H groups in total. The summed E-state index contributed by atoms with van der Waals surface area (Å²) in [6.07, 6.45) is 5.37. The number of ether oxygens (including phenoxy) is 1. The summed E-state index contributed by atoms with van der Waals surface area (Å²) >= 11 is 0. The summed E-state index contributed by atoms with van der Waals surface area (Å²) in [6, 6.07) is 3.16. The van der Waals surface area contributed by atoms with E-state index in [0.717, 1.165) is 18.4 Å². The molecule has 1 saturated heterocycles. The number of hydrogen-bond donors (Lipinski definition) is 0. The number of anilines is 1. The molecule has 39 heavy (non-hydrogen) atoms. The molecule has 1 aromatic carbocycles. The lowest BCUT2D eigenvalue weighted by Crippen LogP contribution is -2.43. The van der Waals surface area contributed by atoms with Gasteiger partial charge in [0.2, 0.25) is 5.95 Å². The van der Waals surface area contributed by atoms with Gasteiger partial charge in [-0.25, -0.2) is 28.1 Å². The Labute approximate surface area is 223 Å². The van der Waals surface area contributed by atoms with Gasteiger partial charge >= 0.3 is 0 Å². The number of hydrogen-bond acceptors (Lipinski definition) is 7. The van der Waals surface area contributed by atoms with Crippen LogP contribution in [0.5, 0.6) is 0 Å². The molecule has 1 aliphatic heterocycles. The number of halogens is 3. The molecule has 0 bridgehead atoms. The zero-order valence-electron chi connectivity index (χ0n) is 22.0. The van der Waals surface area contributed by atoms with Crippen molar-refractivity contribution in [2.75, 3.05) is 18.0 Å². The Morgan fingerprint density at radius 2 is 1.82 bits per heavy atom. The number of rotatable bonds is 4. The molecule has 0 spiro atoms. The topological polar surface area (TPSA) is 81.9 Å². The summed E-state index contributed by atoms with van der Waals surface area (Å²) in [5.74, 6) is -3.35. The van der Waals surface area contributed by atoms with Gasteiger partial charge in [-0.2, -0.15) is 10.1 Å². The monoisotopic (exact) mass is 535 g/mol. The van der Waals surface area contributed by atoms with Crippen molar-refractivity contribution in [2.24, 2.45) is 0 Å². The van der Waals surface area contributed by atoms with E-state index in [1.807, 2.05) is 42.7 Å². The summed E-state index contributed by atoms with van der Waals surface area (Å²) in [5, 5.41) is 4.51. The molecule has 3 aromatic heterocycles. The van der Waals surface area contributed by atoms with E-state index in [4.69, 9.17) is 14.7 Å². The quantitative estimate of drug-likeness (QED) is 0.347. The van der Waals surface area contributed by atoms with Crippen LogP contribution >= 0.6 is 0 Å². The number of benzene rings is 1. The molecule has 3 aliphatic rings. The van der Waals surface area contributed by atoms with Gasteiger partial charge in [0, 0.05) is 35.9 Å². The molecule has 0 unspecified atom stereocenters. The first-order valence-corrected chi connectivity index (χ1v) is 13.4. The third-order valence-electron chi connectivity index (χ3n) is 7.97. The summed E-state index contributed by atoms with van der Waals surface area (Å²) in [6.45, 7) is 6.64. The fourth-order valence-electron chi connectivity index (χ4n) is 5.59. The van der Waals surface area contributed by atoms with Gasteiger partial charge in [0.15, 0.2) is 5.65 Å². The van der Waals surface area contributed by atoms with Gasteiger partial charge in [-0.3, -0.25) is 4.68 Å². The Bertz CT molecular complexity index is 1620. The number of aromatic nitrogens is 6. The first kappa shape index (κ1) is 24.4. The lowest BCUT2D eigenvalue weighted by Gasteiger charge is -2.36. The summed E-state index contributed by atoms with van der Waals surface area (Å²) in [5.41, 5.74) is 3.19. The van der Waals surface area contributed by atoms with Gasteiger partial charge in [0.05, 0.1) is 36.3 Å². The van der Waals surface area contributed by atoms with Crippen LogP contribution in [-0.2, 0) is 17.1 Å². The van der Waals surface area contributed by atoms with E-state index < -0.39 is 18.2 Å². The SMILES string of the molecule is Cc1nc2nc(N3C[C@H](C)O[C@@H](c4cnn(C5CC5)c4)C3)nc(-c3ccc4c(c3F)CCC4(F)F)c2nc1C. The molecule has 1 saturated carbocycles. The number of aryl methyl sites for hydroxylation is 2. The highest BCUT2D eigenvalue weighted by molar-refractivity contribution is 5.88. The van der Waals surface area contributed by atoms with Crippen molar-refractivity contribution < 1.29 is 17.9 Å². The zero-order chi connectivity index (χ0) is 27.1. The van der Waals surface area contributed by atoms with E-state index in [1.54, 1.807) is 0 Å². The zero-order valence-corrected chi connectivity index (χ0v) is 22.0. The molecule has 2 atom stereocenters. The van der Waals surface area contributed by atoms with E-state index in [-0.39, 0.29) is 41.0 Å². The fourth-order valence-corrected chi connectivity index (χ4v) is 5.59. The van der Waals surface area contributed by atoms with Crippen LogP contribution in [0.4, 0.5) is 19.1 Å². The molecule has 0 amide bonds. The highest BCUT2D eigenvalue weighted by atomic mass is 19.3. The molecule has 7 rings (SSSR count). The predicted octanol–water partition coefficient (Wildman–Crippen LogP) is 5.38. The van der Waals surface area contributed by atoms with E-state index in [1.165, 1.54) is 12.1 Å². The second kappa shape index (κ2) is 8.70. The number of morpholine rings is 1. The third kappa shape index (κ3) is 4.14. The lowest BCUT2D eigenvalue weighted by molar-refractivity contribution is -0.0178. The molecule has 4 aromatic rings. The Kier molecular flexibility index (Phi) is 5.45. The second-order valence-corrected chi connectivity index (χ2v) is 10.9. The standard InChI is InChI=1S/C28H28F3N7O/c1-14-11-37(13-22(39-14)17-10-32-38(12-17)18-4-5-18)27-35-24(25-26(36-27)34-16(3)15(2)33-25)20-6-7-21-19(23(20)29)8-9-28(21,30)31/h6-7,10,12,14,18,22H,4-5,8-9,11,13H2,1-3H3/t14-,22+/m0/s1. The maximum atomic E-state index is 15.8. The van der Waals surface area contributed by atoms with Crippen molar-refractivity contribution in [3.8, 4) is 11.3 Å². The van der Waals surface area contributed by atoms with Gasteiger partial charge in [-0.05, 0) is 51.7 Å². The molecule has 4 heterocycles. The fraction of sp³-hybridized carbons (Fsp3) is 0.464. The van der Waals surface area contributed by atoms with Gasteiger partial charge in [-0.15, -0.1) is 0 Å². The average molecular weight is 536 g/mol. The van der Waals surface area contributed by atoms with Crippen LogP contribution in [0.1, 0.15) is 66.4 Å². The molecular weight excluding hydrogens is 507 g/mol. The maximum absolute atomic E-state index is 15.8. The minimum atomic E-state index is -3.03. The van der Waals surface area contributed by atoms with Crippen LogP contribution in [0.2, 0.25) is 0 Å². The average Bonchev–Trinajstić information content (AvgIpc) is 3.54. The first-order valence-electron chi connectivity index (χ1n) is 13.4. The molecule has 0 radical (unpaired) electrons. The molecule has 2 fully saturated rings. The largest absolute Gasteiger partial charge is 0.367 e. The molecular formula is C28H28F3N7O. The molecule has 202 valence electrons. The summed E-state index contributed by atoms with van der Waals surface area (Å²) in [7, 11) is 0. The van der Waals surface area contributed by atoms with Crippen LogP contribution in [0, 0.1) is 19.7 Å². The smallest absolute Gasteiger partial charge is 0.273 e. The Morgan fingerprint density at radius 1 is 1.03 bits per heavy atom. The summed E-state index contributed by atoms with van der Waals surface area (Å²) in [4.78, 5) is 20.8. The van der Waals surface area contributed by atoms with Crippen LogP contribution < -0.4 is 4.90 Å². The molecule has 8 nitrogen and oxygen atoms in total. The number of alkyl halides is 2. The van der Waals surface area contributed by atoms with E-state index in [9.17, 15) is 8.78 Å². The maximum Gasteiger partial charge on any atom is 0.273 e. The van der Waals surface area contributed by atoms with Crippen LogP contribution in [0.15, 0.2) is 24.5 Å². The van der Waals surface area contributed by atoms with Crippen LogP contribution in [-0.4, -0.2) is 48.9 Å². The summed E-state index contributed by atoms with van der Waals surface area (Å²) < 4.78 is 52.7. The Morgan fingerprint density at radius 3 is 2.62 bits per heavy atom. The third-order valence-corrected chi connectivity index (χ3v) is 7.97. The van der Waals surface area contributed by atoms with Gasteiger partial charge in [0.25, 0.3) is 5.92 Å². The van der Waals surface area contributed by atoms with Crippen molar-refractivity contribution in [1.29, 1.82) is 0 Å². The van der Waals surface area contributed by atoms with Crippen molar-refractivity contribution >= 4 is 17.1 Å². The van der Waals surface area contributed by atoms with Crippen molar-refractivity contribution in [1.82, 2.24) is 29.7 Å². The van der Waals surface area contributed by atoms with E-state index in [0.29, 0.717) is 47.6 Å². The predicted molar refractivity (Wildman–Crippen MR) is 138 cm³/mol. The van der Waals surface area contributed by atoms with E-state index >= 15 is 4.39 Å². The minimum Gasteiger partial charge on any atom is -0.367 e. The van der Waals surface area contributed by atoms with Crippen molar-refractivity contribution in [2.45, 2.75) is 70.6 Å². The number of fused-ring (bicyclic) bond motifs is 2. The second-order valence-electron chi connectivity index (χ2n) is 10.9. The molecule has 2 aliphatic carbocycles. The van der Waals surface area contributed by atoms with Crippen molar-refractivity contribution in [3.05, 3.63) is 58.4 Å². The molecule has 11 heteroatoms. The van der Waals surface area contributed by atoms with Crippen molar-refractivity contribution in [3.63, 3.8) is 0 Å². The van der Waals surface area contributed by atoms with Gasteiger partial charge in [0.1, 0.15) is 23.1 Å². The minimum absolute atomic E-state index is 0.0289. The first-order chi connectivity index (χ1) is 18.7. The van der Waals surface area contributed by atoms with Gasteiger partial charge in [-0.1, -0.05) is 6.07 Å². The Hall–Kier alpha value is -3.60.